The van der Waals surface area contributed by atoms with Crippen molar-refractivity contribution in [3.63, 3.8) is 0 Å². The van der Waals surface area contributed by atoms with Crippen molar-refractivity contribution in [3.05, 3.63) is 102 Å². The SMILES string of the molecule is CC(=O)/C([I+]c1ccccc1)=C(/C)Nc1ccc(Cl)cc1.Cc1ccc(S(=O)(=O)[O-])cc1. The van der Waals surface area contributed by atoms with E-state index in [4.69, 9.17) is 11.6 Å². The lowest BCUT2D eigenvalue weighted by molar-refractivity contribution is -0.571. The minimum absolute atomic E-state index is 0.130. The monoisotopic (exact) mass is 583 g/mol. The van der Waals surface area contributed by atoms with Crippen molar-refractivity contribution in [1.82, 2.24) is 0 Å². The molecule has 1 N–H and O–H groups in total. The number of benzene rings is 3. The van der Waals surface area contributed by atoms with Gasteiger partial charge >= 0.3 is 21.2 Å². The number of aryl methyl sites for hydroxylation is 1. The Morgan fingerprint density at radius 1 is 0.906 bits per heavy atom. The third-order valence-corrected chi connectivity index (χ3v) is 8.61. The van der Waals surface area contributed by atoms with E-state index in [2.05, 4.69) is 17.4 Å². The van der Waals surface area contributed by atoms with E-state index in [0.717, 1.165) is 20.5 Å². The van der Waals surface area contributed by atoms with Crippen LogP contribution >= 0.6 is 11.6 Å². The van der Waals surface area contributed by atoms with Crippen molar-refractivity contribution >= 4 is 33.2 Å². The summed E-state index contributed by atoms with van der Waals surface area (Å²) in [5, 5.41) is 4.00. The molecule has 3 aromatic rings. The fraction of sp³-hybridized carbons (Fsp3) is 0.125. The van der Waals surface area contributed by atoms with E-state index in [0.29, 0.717) is 5.02 Å². The van der Waals surface area contributed by atoms with Gasteiger partial charge < -0.3 is 9.87 Å². The van der Waals surface area contributed by atoms with Gasteiger partial charge in [-0.3, -0.25) is 4.79 Å². The molecule has 0 amide bonds. The van der Waals surface area contributed by atoms with E-state index < -0.39 is 31.3 Å². The van der Waals surface area contributed by atoms with Crippen LogP contribution in [0.25, 0.3) is 0 Å². The molecule has 0 bridgehead atoms. The smallest absolute Gasteiger partial charge is 0.363 e. The van der Waals surface area contributed by atoms with Gasteiger partial charge in [0.2, 0.25) is 5.78 Å². The Balaban J connectivity index is 0.000000278. The van der Waals surface area contributed by atoms with Gasteiger partial charge in [-0.05, 0) is 62.4 Å². The summed E-state index contributed by atoms with van der Waals surface area (Å²) >= 11 is 5.40. The van der Waals surface area contributed by atoms with Crippen LogP contribution in [-0.2, 0) is 14.9 Å². The van der Waals surface area contributed by atoms with Crippen LogP contribution in [0.4, 0.5) is 5.69 Å². The number of hydrogen-bond donors (Lipinski definition) is 1. The quantitative estimate of drug-likeness (QED) is 0.274. The molecule has 3 rings (SSSR count). The van der Waals surface area contributed by atoms with Gasteiger partial charge in [0.05, 0.1) is 10.6 Å². The Bertz CT molecular complexity index is 1180. The zero-order chi connectivity index (χ0) is 23.7. The summed E-state index contributed by atoms with van der Waals surface area (Å²) in [7, 11) is -4.27. The van der Waals surface area contributed by atoms with Gasteiger partial charge in [-0.25, -0.2) is 8.42 Å². The van der Waals surface area contributed by atoms with Gasteiger partial charge in [-0.2, -0.15) is 0 Å². The standard InChI is InChI=1S/C17H15ClINO.C7H8O3S/c1-12(20-16-10-8-14(18)9-11-16)17(13(2)21)19-15-6-4-3-5-7-15;1-6-2-4-7(5-3-6)11(8,9)10/h3-11H,1-2H3;2-5H,1H3,(H,8,9,10). The van der Waals surface area contributed by atoms with Gasteiger partial charge in [-0.15, -0.1) is 0 Å². The largest absolute Gasteiger partial charge is 0.744 e. The van der Waals surface area contributed by atoms with Crippen LogP contribution < -0.4 is 26.5 Å². The van der Waals surface area contributed by atoms with Crippen molar-refractivity contribution in [2.24, 2.45) is 0 Å². The number of nitrogens with one attached hydrogen (secondary N) is 1. The van der Waals surface area contributed by atoms with E-state index in [9.17, 15) is 17.8 Å². The highest BCUT2D eigenvalue weighted by Crippen LogP contribution is 2.15. The second kappa shape index (κ2) is 12.2. The number of allylic oxidation sites excluding steroid dienone is 2. The maximum atomic E-state index is 11.9. The average molecular weight is 584 g/mol. The van der Waals surface area contributed by atoms with Gasteiger partial charge in [0.1, 0.15) is 10.1 Å². The number of carbonyl (C=O) groups excluding carboxylic acids is 1. The minimum Gasteiger partial charge on any atom is -0.744 e. The molecule has 5 nitrogen and oxygen atoms in total. The maximum absolute atomic E-state index is 11.9. The van der Waals surface area contributed by atoms with Gasteiger partial charge in [0, 0.05) is 17.6 Å². The molecule has 0 fully saturated rings. The molecule has 0 aliphatic rings. The molecule has 8 heteroatoms. The highest BCUT2D eigenvalue weighted by atomic mass is 127. The lowest BCUT2D eigenvalue weighted by Crippen LogP contribution is -3.61. The van der Waals surface area contributed by atoms with Crippen molar-refractivity contribution in [2.45, 2.75) is 25.7 Å². The third kappa shape index (κ3) is 8.74. The second-order valence-electron chi connectivity index (χ2n) is 6.78. The Morgan fingerprint density at radius 2 is 1.47 bits per heavy atom. The van der Waals surface area contributed by atoms with Crippen LogP contribution in [0, 0.1) is 10.5 Å². The molecule has 0 aliphatic carbocycles. The van der Waals surface area contributed by atoms with Crippen molar-refractivity contribution in [2.75, 3.05) is 5.32 Å². The van der Waals surface area contributed by atoms with E-state index in [1.54, 1.807) is 19.1 Å². The second-order valence-corrected chi connectivity index (χ2v) is 11.5. The van der Waals surface area contributed by atoms with E-state index in [1.165, 1.54) is 15.7 Å². The molecular weight excluding hydrogens is 561 g/mol. The normalized spacial score (nSPS) is 11.7. The topological polar surface area (TPSA) is 86.3 Å². The molecule has 0 aliphatic heterocycles. The number of carbonyl (C=O) groups is 1. The lowest BCUT2D eigenvalue weighted by Gasteiger charge is -2.06. The fourth-order valence-corrected chi connectivity index (χ4v) is 5.41. The van der Waals surface area contributed by atoms with Gasteiger partial charge in [0.25, 0.3) is 3.58 Å². The molecular formula is C24H23ClINO4S. The first-order chi connectivity index (χ1) is 15.1. The molecule has 0 spiro atoms. The van der Waals surface area contributed by atoms with Gasteiger partial charge in [-0.1, -0.05) is 47.5 Å². The van der Waals surface area contributed by atoms with Crippen LogP contribution in [0.2, 0.25) is 5.02 Å². The Morgan fingerprint density at radius 3 is 1.97 bits per heavy atom. The number of hydrogen-bond acceptors (Lipinski definition) is 5. The molecule has 0 aromatic heterocycles. The molecule has 0 radical (unpaired) electrons. The Labute approximate surface area is 204 Å². The van der Waals surface area contributed by atoms with E-state index in [1.807, 2.05) is 56.3 Å². The molecule has 0 heterocycles. The summed E-state index contributed by atoms with van der Waals surface area (Å²) in [4.78, 5) is 11.8. The van der Waals surface area contributed by atoms with Crippen LogP contribution in [0.15, 0.2) is 93.0 Å². The lowest BCUT2D eigenvalue weighted by atomic mass is 10.2. The van der Waals surface area contributed by atoms with Crippen molar-refractivity contribution < 1.29 is 39.0 Å². The van der Waals surface area contributed by atoms with E-state index in [-0.39, 0.29) is 10.7 Å². The summed E-state index contributed by atoms with van der Waals surface area (Å²) in [5.74, 6) is 0.130. The summed E-state index contributed by atoms with van der Waals surface area (Å²) in [6, 6.07) is 23.4. The molecule has 0 unspecified atom stereocenters. The molecule has 3 aromatic carbocycles. The van der Waals surface area contributed by atoms with Crippen LogP contribution in [0.1, 0.15) is 19.4 Å². The van der Waals surface area contributed by atoms with Crippen molar-refractivity contribution in [1.29, 1.82) is 0 Å². The first kappa shape index (κ1) is 26.1. The number of ketones is 1. The summed E-state index contributed by atoms with van der Waals surface area (Å²) in [6.07, 6.45) is 0. The number of anilines is 1. The predicted octanol–water partition coefficient (Wildman–Crippen LogP) is 2.43. The molecule has 0 saturated heterocycles. The highest BCUT2D eigenvalue weighted by Gasteiger charge is 2.26. The number of rotatable bonds is 6. The maximum Gasteiger partial charge on any atom is 0.363 e. The summed E-state index contributed by atoms with van der Waals surface area (Å²) < 4.78 is 33.3. The first-order valence-corrected chi connectivity index (χ1v) is 13.5. The summed E-state index contributed by atoms with van der Waals surface area (Å²) in [6.45, 7) is 5.40. The Hall–Kier alpha value is -2.20. The summed E-state index contributed by atoms with van der Waals surface area (Å²) in [5.41, 5.74) is 2.78. The van der Waals surface area contributed by atoms with Crippen LogP contribution in [0.3, 0.4) is 0 Å². The highest BCUT2D eigenvalue weighted by molar-refractivity contribution is 7.85. The molecule has 0 saturated carbocycles. The average Bonchev–Trinajstić information content (AvgIpc) is 2.74. The predicted molar refractivity (Wildman–Crippen MR) is 123 cm³/mol. The number of halogens is 2. The molecule has 32 heavy (non-hydrogen) atoms. The molecule has 168 valence electrons. The zero-order valence-electron chi connectivity index (χ0n) is 17.8. The van der Waals surface area contributed by atoms with Crippen LogP contribution in [0.5, 0.6) is 0 Å². The number of Topliss-reactive ketones (excluding diaryl/α,β-unsaturated/α-hetero) is 1. The molecule has 0 atom stereocenters. The fourth-order valence-electron chi connectivity index (χ4n) is 2.50. The third-order valence-electron chi connectivity index (χ3n) is 4.06. The van der Waals surface area contributed by atoms with E-state index >= 15 is 0 Å². The van der Waals surface area contributed by atoms with Crippen LogP contribution in [-0.4, -0.2) is 18.8 Å². The Kier molecular flexibility index (Phi) is 9.89. The minimum atomic E-state index is -4.27. The first-order valence-electron chi connectivity index (χ1n) is 9.53. The van der Waals surface area contributed by atoms with Gasteiger partial charge in [0.15, 0.2) is 3.57 Å². The van der Waals surface area contributed by atoms with Crippen molar-refractivity contribution in [3.8, 4) is 0 Å². The zero-order valence-corrected chi connectivity index (χ0v) is 21.5.